The molecule has 3 aromatic carbocycles. The Morgan fingerprint density at radius 1 is 0.860 bits per heavy atom. The second kappa shape index (κ2) is 12.1. The Labute approximate surface area is 257 Å². The first-order valence-electron chi connectivity index (χ1n) is 14.2. The van der Waals surface area contributed by atoms with Gasteiger partial charge in [0.15, 0.2) is 11.7 Å². The fraction of sp³-hybridized carbons (Fsp3) is 0.171. The molecule has 8 heteroatoms. The van der Waals surface area contributed by atoms with Crippen LogP contribution in [0.3, 0.4) is 0 Å². The first-order chi connectivity index (χ1) is 20.9. The van der Waals surface area contributed by atoms with Crippen LogP contribution in [0.25, 0.3) is 5.69 Å². The van der Waals surface area contributed by atoms with Crippen molar-refractivity contribution in [3.05, 3.63) is 138 Å². The van der Waals surface area contributed by atoms with E-state index in [1.54, 1.807) is 0 Å². The second-order valence-corrected chi connectivity index (χ2v) is 11.0. The predicted octanol–water partition coefficient (Wildman–Crippen LogP) is 6.99. The van der Waals surface area contributed by atoms with Crippen molar-refractivity contribution >= 4 is 34.6 Å². The van der Waals surface area contributed by atoms with Crippen LogP contribution in [0.4, 0.5) is 11.4 Å². The number of nitrogens with one attached hydrogen (secondary N) is 2. The van der Waals surface area contributed by atoms with E-state index in [9.17, 15) is 4.79 Å². The number of hydrogen-bond acceptors (Lipinski definition) is 4. The van der Waals surface area contributed by atoms with Crippen molar-refractivity contribution in [1.82, 2.24) is 14.9 Å². The van der Waals surface area contributed by atoms with Gasteiger partial charge < -0.3 is 24.8 Å². The SMILES string of the molecule is Cc1c([C@@H]2[C@@H](c3ccccn3)NC(=S)N2c2ccc(NC(=O)COc3ccccc3)cc2)c(C)n(-c2ccccc2)c1C. The van der Waals surface area contributed by atoms with Crippen LogP contribution in [0.5, 0.6) is 5.75 Å². The Morgan fingerprint density at radius 3 is 2.21 bits per heavy atom. The molecule has 2 N–H and O–H groups in total. The van der Waals surface area contributed by atoms with E-state index in [1.165, 1.54) is 16.8 Å². The summed E-state index contributed by atoms with van der Waals surface area (Å²) >= 11 is 5.97. The van der Waals surface area contributed by atoms with Crippen LogP contribution in [0, 0.1) is 20.8 Å². The molecule has 1 fully saturated rings. The number of aromatic nitrogens is 2. The highest BCUT2D eigenvalue weighted by atomic mass is 32.1. The van der Waals surface area contributed by atoms with E-state index in [0.29, 0.717) is 16.5 Å². The van der Waals surface area contributed by atoms with Crippen LogP contribution in [0.1, 0.15) is 40.3 Å². The number of hydrogen-bond donors (Lipinski definition) is 2. The van der Waals surface area contributed by atoms with Gasteiger partial charge in [-0.3, -0.25) is 9.78 Å². The lowest BCUT2D eigenvalue weighted by atomic mass is 9.93. The molecule has 216 valence electrons. The Kier molecular flexibility index (Phi) is 7.94. The number of rotatable bonds is 8. The molecule has 7 nitrogen and oxygen atoms in total. The highest BCUT2D eigenvalue weighted by molar-refractivity contribution is 7.80. The zero-order valence-corrected chi connectivity index (χ0v) is 25.1. The third kappa shape index (κ3) is 5.61. The third-order valence-electron chi connectivity index (χ3n) is 7.96. The molecule has 5 aromatic rings. The van der Waals surface area contributed by atoms with E-state index in [0.717, 1.165) is 22.8 Å². The number of thiocarbonyl (C=S) groups is 1. The summed E-state index contributed by atoms with van der Waals surface area (Å²) in [5.41, 5.74) is 8.41. The lowest BCUT2D eigenvalue weighted by Gasteiger charge is -2.29. The van der Waals surface area contributed by atoms with Gasteiger partial charge in [-0.15, -0.1) is 0 Å². The molecule has 0 saturated carbocycles. The number of amides is 1. The lowest BCUT2D eigenvalue weighted by molar-refractivity contribution is -0.118. The van der Waals surface area contributed by atoms with Gasteiger partial charge >= 0.3 is 0 Å². The molecule has 1 amide bonds. The van der Waals surface area contributed by atoms with Crippen molar-refractivity contribution in [3.8, 4) is 11.4 Å². The van der Waals surface area contributed by atoms with E-state index >= 15 is 0 Å². The number of para-hydroxylation sites is 2. The van der Waals surface area contributed by atoms with Gasteiger partial charge in [0.2, 0.25) is 0 Å². The molecule has 43 heavy (non-hydrogen) atoms. The topological polar surface area (TPSA) is 71.4 Å². The van der Waals surface area contributed by atoms with E-state index in [-0.39, 0.29) is 24.6 Å². The van der Waals surface area contributed by atoms with Gasteiger partial charge in [-0.05, 0) is 99.2 Å². The number of benzene rings is 3. The number of anilines is 2. The van der Waals surface area contributed by atoms with Crippen LogP contribution < -0.4 is 20.3 Å². The monoisotopic (exact) mass is 587 g/mol. The second-order valence-electron chi connectivity index (χ2n) is 10.6. The summed E-state index contributed by atoms with van der Waals surface area (Å²) in [4.78, 5) is 19.4. The minimum absolute atomic E-state index is 0.0734. The maximum absolute atomic E-state index is 12.6. The molecule has 0 unspecified atom stereocenters. The number of nitrogens with zero attached hydrogens (tertiary/aromatic N) is 3. The maximum Gasteiger partial charge on any atom is 0.262 e. The van der Waals surface area contributed by atoms with Crippen LogP contribution >= 0.6 is 12.2 Å². The van der Waals surface area contributed by atoms with Crippen LogP contribution in [-0.4, -0.2) is 27.2 Å². The van der Waals surface area contributed by atoms with Crippen LogP contribution in [0.15, 0.2) is 109 Å². The van der Waals surface area contributed by atoms with Crippen molar-refractivity contribution in [3.63, 3.8) is 0 Å². The summed E-state index contributed by atoms with van der Waals surface area (Å²) in [5.74, 6) is 0.422. The summed E-state index contributed by atoms with van der Waals surface area (Å²) < 4.78 is 7.90. The minimum atomic E-state index is -0.230. The molecule has 6 rings (SSSR count). The molecule has 2 aromatic heterocycles. The van der Waals surface area contributed by atoms with E-state index in [4.69, 9.17) is 21.9 Å². The van der Waals surface area contributed by atoms with Gasteiger partial charge in [-0.1, -0.05) is 42.5 Å². The van der Waals surface area contributed by atoms with Gasteiger partial charge in [0, 0.05) is 40.2 Å². The molecule has 0 aliphatic carbocycles. The fourth-order valence-electron chi connectivity index (χ4n) is 5.90. The zero-order chi connectivity index (χ0) is 29.9. The van der Waals surface area contributed by atoms with Crippen molar-refractivity contribution in [2.24, 2.45) is 0 Å². The Bertz CT molecular complexity index is 1740. The van der Waals surface area contributed by atoms with Crippen molar-refractivity contribution < 1.29 is 9.53 Å². The Morgan fingerprint density at radius 2 is 1.53 bits per heavy atom. The van der Waals surface area contributed by atoms with Crippen molar-refractivity contribution in [2.75, 3.05) is 16.8 Å². The van der Waals surface area contributed by atoms with E-state index in [2.05, 4.69) is 65.1 Å². The van der Waals surface area contributed by atoms with Gasteiger partial charge in [0.1, 0.15) is 5.75 Å². The summed E-state index contributed by atoms with van der Waals surface area (Å²) in [6, 6.07) is 33.1. The summed E-state index contributed by atoms with van der Waals surface area (Å²) in [6.07, 6.45) is 1.82. The quantitative estimate of drug-likeness (QED) is 0.191. The highest BCUT2D eigenvalue weighted by Gasteiger charge is 2.43. The standard InChI is InChI=1S/C35H33N5O2S/c1-23-24(2)39(27-12-6-4-7-13-27)25(3)32(23)34-33(30-16-10-11-21-36-30)38-35(43)40(34)28-19-17-26(18-20-28)37-31(41)22-42-29-14-8-5-9-15-29/h4-21,33-34H,22H2,1-3H3,(H,37,41)(H,38,43)/t33-,34-/m1/s1. The third-order valence-corrected chi connectivity index (χ3v) is 8.27. The van der Waals surface area contributed by atoms with E-state index < -0.39 is 0 Å². The first kappa shape index (κ1) is 28.2. The average molecular weight is 588 g/mol. The smallest absolute Gasteiger partial charge is 0.262 e. The number of pyridine rings is 1. The molecule has 0 radical (unpaired) electrons. The normalized spacial score (nSPS) is 16.2. The van der Waals surface area contributed by atoms with Gasteiger partial charge in [0.05, 0.1) is 17.8 Å². The fourth-order valence-corrected chi connectivity index (χ4v) is 6.25. The van der Waals surface area contributed by atoms with Gasteiger partial charge in [-0.2, -0.15) is 0 Å². The zero-order valence-electron chi connectivity index (χ0n) is 24.3. The minimum Gasteiger partial charge on any atom is -0.484 e. The molecule has 1 saturated heterocycles. The molecule has 0 spiro atoms. The molecule has 2 atom stereocenters. The number of ether oxygens (including phenoxy) is 1. The average Bonchev–Trinajstić information content (AvgIpc) is 3.48. The van der Waals surface area contributed by atoms with E-state index in [1.807, 2.05) is 85.1 Å². The highest BCUT2D eigenvalue weighted by Crippen LogP contribution is 2.45. The Hall–Kier alpha value is -4.95. The molecule has 1 aliphatic rings. The van der Waals surface area contributed by atoms with Crippen LogP contribution in [0.2, 0.25) is 0 Å². The molecule has 3 heterocycles. The summed E-state index contributed by atoms with van der Waals surface area (Å²) in [5, 5.41) is 7.11. The first-order valence-corrected chi connectivity index (χ1v) is 14.7. The predicted molar refractivity (Wildman–Crippen MR) is 175 cm³/mol. The number of carbonyl (C=O) groups excluding carboxylic acids is 1. The molecule has 1 aliphatic heterocycles. The molecular weight excluding hydrogens is 554 g/mol. The van der Waals surface area contributed by atoms with Gasteiger partial charge in [0.25, 0.3) is 5.91 Å². The lowest BCUT2D eigenvalue weighted by Crippen LogP contribution is -2.30. The van der Waals surface area contributed by atoms with Crippen LogP contribution in [-0.2, 0) is 4.79 Å². The van der Waals surface area contributed by atoms with Gasteiger partial charge in [-0.25, -0.2) is 0 Å². The van der Waals surface area contributed by atoms with Crippen molar-refractivity contribution in [2.45, 2.75) is 32.9 Å². The Balaban J connectivity index is 1.33. The summed E-state index contributed by atoms with van der Waals surface area (Å²) in [7, 11) is 0. The summed E-state index contributed by atoms with van der Waals surface area (Å²) in [6.45, 7) is 6.45. The van der Waals surface area contributed by atoms with Crippen molar-refractivity contribution in [1.29, 1.82) is 0 Å². The number of carbonyl (C=O) groups is 1. The maximum atomic E-state index is 12.6. The molecular formula is C35H33N5O2S. The largest absolute Gasteiger partial charge is 0.484 e. The molecule has 0 bridgehead atoms.